The van der Waals surface area contributed by atoms with Gasteiger partial charge in [0.15, 0.2) is 0 Å². The van der Waals surface area contributed by atoms with Gasteiger partial charge in [-0.2, -0.15) is 0 Å². The summed E-state index contributed by atoms with van der Waals surface area (Å²) in [6.45, 7) is 13.2. The Kier molecular flexibility index (Phi) is 6.14. The lowest BCUT2D eigenvalue weighted by Gasteiger charge is -2.34. The van der Waals surface area contributed by atoms with Gasteiger partial charge in [-0.15, -0.1) is 11.3 Å². The number of piperazine rings is 1. The molecule has 2 rings (SSSR count). The summed E-state index contributed by atoms with van der Waals surface area (Å²) in [7, 11) is 0. The quantitative estimate of drug-likeness (QED) is 0.797. The Labute approximate surface area is 131 Å². The second-order valence-electron chi connectivity index (χ2n) is 5.48. The zero-order valence-corrected chi connectivity index (χ0v) is 14.2. The van der Waals surface area contributed by atoms with E-state index in [-0.39, 0.29) is 5.91 Å². The van der Waals surface area contributed by atoms with Crippen molar-refractivity contribution in [1.82, 2.24) is 19.7 Å². The maximum atomic E-state index is 12.1. The monoisotopic (exact) mass is 310 g/mol. The lowest BCUT2D eigenvalue weighted by Crippen LogP contribution is -2.49. The van der Waals surface area contributed by atoms with Crippen LogP contribution in [0.5, 0.6) is 0 Å². The van der Waals surface area contributed by atoms with E-state index in [1.165, 1.54) is 5.69 Å². The van der Waals surface area contributed by atoms with E-state index in [0.29, 0.717) is 6.54 Å². The number of nitrogens with zero attached hydrogens (tertiary/aromatic N) is 4. The third-order valence-corrected chi connectivity index (χ3v) is 4.81. The molecule has 0 unspecified atom stereocenters. The molecule has 0 spiro atoms. The third-order valence-electron chi connectivity index (χ3n) is 3.99. The molecule has 2 heterocycles. The highest BCUT2D eigenvalue weighted by molar-refractivity contribution is 7.09. The van der Waals surface area contributed by atoms with Crippen LogP contribution in [0.2, 0.25) is 0 Å². The van der Waals surface area contributed by atoms with Gasteiger partial charge in [0.25, 0.3) is 0 Å². The van der Waals surface area contributed by atoms with Gasteiger partial charge in [-0.05, 0) is 20.8 Å². The van der Waals surface area contributed by atoms with Crippen molar-refractivity contribution in [3.8, 4) is 0 Å². The number of hydrogen-bond acceptors (Lipinski definition) is 5. The Morgan fingerprint density at radius 3 is 2.38 bits per heavy atom. The number of carbonyl (C=O) groups excluding carboxylic acids is 1. The van der Waals surface area contributed by atoms with Crippen molar-refractivity contribution in [1.29, 1.82) is 0 Å². The van der Waals surface area contributed by atoms with Crippen molar-refractivity contribution in [2.45, 2.75) is 27.3 Å². The van der Waals surface area contributed by atoms with Crippen molar-refractivity contribution < 1.29 is 4.79 Å². The van der Waals surface area contributed by atoms with E-state index in [1.807, 2.05) is 25.7 Å². The SMILES string of the molecule is CCN(CC)C(=O)CN1CCN(Cc2csc(C)n2)CC1. The highest BCUT2D eigenvalue weighted by atomic mass is 32.1. The first kappa shape index (κ1) is 16.4. The number of hydrogen-bond donors (Lipinski definition) is 0. The molecule has 1 aliphatic rings. The van der Waals surface area contributed by atoms with E-state index in [4.69, 9.17) is 0 Å². The zero-order valence-electron chi connectivity index (χ0n) is 13.3. The molecule has 6 heteroatoms. The number of amides is 1. The predicted molar refractivity (Wildman–Crippen MR) is 86.5 cm³/mol. The van der Waals surface area contributed by atoms with E-state index in [0.717, 1.165) is 50.8 Å². The molecule has 0 N–H and O–H groups in total. The Morgan fingerprint density at radius 1 is 1.24 bits per heavy atom. The average molecular weight is 310 g/mol. The topological polar surface area (TPSA) is 39.7 Å². The second kappa shape index (κ2) is 7.87. The first-order valence-corrected chi connectivity index (χ1v) is 8.63. The highest BCUT2D eigenvalue weighted by Gasteiger charge is 2.21. The van der Waals surface area contributed by atoms with Crippen molar-refractivity contribution in [2.24, 2.45) is 0 Å². The Morgan fingerprint density at radius 2 is 1.86 bits per heavy atom. The van der Waals surface area contributed by atoms with E-state index < -0.39 is 0 Å². The molecule has 0 aromatic carbocycles. The van der Waals surface area contributed by atoms with Crippen LogP contribution in [0, 0.1) is 6.92 Å². The maximum Gasteiger partial charge on any atom is 0.236 e. The van der Waals surface area contributed by atoms with Crippen molar-refractivity contribution in [2.75, 3.05) is 45.8 Å². The van der Waals surface area contributed by atoms with E-state index >= 15 is 0 Å². The zero-order chi connectivity index (χ0) is 15.2. The summed E-state index contributed by atoms with van der Waals surface area (Å²) in [5.74, 6) is 0.253. The number of carbonyl (C=O) groups is 1. The molecule has 0 bridgehead atoms. The minimum Gasteiger partial charge on any atom is -0.342 e. The average Bonchev–Trinajstić information content (AvgIpc) is 2.88. The third kappa shape index (κ3) is 4.76. The summed E-state index contributed by atoms with van der Waals surface area (Å²) in [4.78, 5) is 23.2. The normalized spacial score (nSPS) is 17.1. The molecule has 1 saturated heterocycles. The molecule has 0 atom stereocenters. The van der Waals surface area contributed by atoms with Gasteiger partial charge in [0.1, 0.15) is 0 Å². The van der Waals surface area contributed by atoms with Gasteiger partial charge in [0.2, 0.25) is 5.91 Å². The summed E-state index contributed by atoms with van der Waals surface area (Å²) in [5.41, 5.74) is 1.17. The van der Waals surface area contributed by atoms with Gasteiger partial charge >= 0.3 is 0 Å². The number of likely N-dealkylation sites (N-methyl/N-ethyl adjacent to an activating group) is 1. The lowest BCUT2D eigenvalue weighted by atomic mass is 10.3. The van der Waals surface area contributed by atoms with Crippen LogP contribution in [0.3, 0.4) is 0 Å². The molecular formula is C15H26N4OS. The number of aromatic nitrogens is 1. The van der Waals surface area contributed by atoms with Gasteiger partial charge in [0, 0.05) is 51.2 Å². The fourth-order valence-electron chi connectivity index (χ4n) is 2.68. The summed E-state index contributed by atoms with van der Waals surface area (Å²) in [6.07, 6.45) is 0. The summed E-state index contributed by atoms with van der Waals surface area (Å²) >= 11 is 1.71. The van der Waals surface area contributed by atoms with Crippen LogP contribution in [0.25, 0.3) is 0 Å². The smallest absolute Gasteiger partial charge is 0.236 e. The van der Waals surface area contributed by atoms with Crippen molar-refractivity contribution in [3.63, 3.8) is 0 Å². The van der Waals surface area contributed by atoms with Gasteiger partial charge in [-0.25, -0.2) is 4.98 Å². The van der Waals surface area contributed by atoms with Crippen molar-refractivity contribution >= 4 is 17.2 Å². The molecule has 1 aromatic heterocycles. The highest BCUT2D eigenvalue weighted by Crippen LogP contribution is 2.12. The van der Waals surface area contributed by atoms with Gasteiger partial charge in [0.05, 0.1) is 17.2 Å². The molecular weight excluding hydrogens is 284 g/mol. The molecule has 1 aromatic rings. The first-order valence-electron chi connectivity index (χ1n) is 7.75. The van der Waals surface area contributed by atoms with E-state index in [2.05, 4.69) is 20.2 Å². The van der Waals surface area contributed by atoms with Crippen LogP contribution >= 0.6 is 11.3 Å². The van der Waals surface area contributed by atoms with Gasteiger partial charge < -0.3 is 4.90 Å². The Bertz CT molecular complexity index is 450. The standard InChI is InChI=1S/C15H26N4OS/c1-4-19(5-2)15(20)11-18-8-6-17(7-9-18)10-14-12-21-13(3)16-14/h12H,4-11H2,1-3H3. The first-order chi connectivity index (χ1) is 10.1. The summed E-state index contributed by atoms with van der Waals surface area (Å²) in [6, 6.07) is 0. The molecule has 0 radical (unpaired) electrons. The number of thiazole rings is 1. The molecule has 118 valence electrons. The fraction of sp³-hybridized carbons (Fsp3) is 0.733. The van der Waals surface area contributed by atoms with E-state index in [1.54, 1.807) is 11.3 Å². The van der Waals surface area contributed by atoms with Gasteiger partial charge in [-0.1, -0.05) is 0 Å². The minimum atomic E-state index is 0.253. The number of aryl methyl sites for hydroxylation is 1. The van der Waals surface area contributed by atoms with Crippen LogP contribution in [0.15, 0.2) is 5.38 Å². The molecule has 0 saturated carbocycles. The Balaban J connectivity index is 1.74. The van der Waals surface area contributed by atoms with Crippen molar-refractivity contribution in [3.05, 3.63) is 16.1 Å². The van der Waals surface area contributed by atoms with Crippen LogP contribution in [-0.2, 0) is 11.3 Å². The van der Waals surface area contributed by atoms with Crippen LogP contribution < -0.4 is 0 Å². The van der Waals surface area contributed by atoms with Crippen LogP contribution in [0.1, 0.15) is 24.5 Å². The maximum absolute atomic E-state index is 12.1. The second-order valence-corrected chi connectivity index (χ2v) is 6.54. The predicted octanol–water partition coefficient (Wildman–Crippen LogP) is 1.44. The molecule has 21 heavy (non-hydrogen) atoms. The van der Waals surface area contributed by atoms with Gasteiger partial charge in [-0.3, -0.25) is 14.6 Å². The van der Waals surface area contributed by atoms with Crippen LogP contribution in [-0.4, -0.2) is 71.4 Å². The number of rotatable bonds is 6. The Hall–Kier alpha value is -0.980. The molecule has 0 aliphatic carbocycles. The van der Waals surface area contributed by atoms with E-state index in [9.17, 15) is 4.79 Å². The molecule has 1 fully saturated rings. The molecule has 1 aliphatic heterocycles. The molecule has 5 nitrogen and oxygen atoms in total. The minimum absolute atomic E-state index is 0.253. The summed E-state index contributed by atoms with van der Waals surface area (Å²) in [5, 5.41) is 3.28. The summed E-state index contributed by atoms with van der Waals surface area (Å²) < 4.78 is 0. The molecule has 1 amide bonds. The largest absolute Gasteiger partial charge is 0.342 e. The fourth-order valence-corrected chi connectivity index (χ4v) is 3.29. The van der Waals surface area contributed by atoms with Crippen LogP contribution in [0.4, 0.5) is 0 Å². The lowest BCUT2D eigenvalue weighted by molar-refractivity contribution is -0.132.